The number of aromatic nitrogens is 1. The molecule has 2 fully saturated rings. The summed E-state index contributed by atoms with van der Waals surface area (Å²) in [4.78, 5) is 20.1. The number of nitrogens with one attached hydrogen (secondary N) is 1. The molecule has 0 unspecified atom stereocenters. The predicted molar refractivity (Wildman–Crippen MR) is 87.4 cm³/mol. The van der Waals surface area contributed by atoms with Crippen molar-refractivity contribution < 1.29 is 9.53 Å². The van der Waals surface area contributed by atoms with E-state index in [4.69, 9.17) is 4.74 Å². The Balaban J connectivity index is 1.45. The molecule has 1 saturated heterocycles. The van der Waals surface area contributed by atoms with E-state index in [-0.39, 0.29) is 11.6 Å². The molecule has 3 rings (SSSR count). The zero-order valence-electron chi connectivity index (χ0n) is 13.5. The number of rotatable bonds is 4. The molecule has 0 atom stereocenters. The van der Waals surface area contributed by atoms with Crippen LogP contribution in [0, 0.1) is 6.92 Å². The van der Waals surface area contributed by atoms with Gasteiger partial charge in [0.25, 0.3) is 0 Å². The number of nitrogens with zero attached hydrogens (tertiary/aromatic N) is 2. The maximum atomic E-state index is 12.3. The number of hydrogen-bond donors (Lipinski definition) is 1. The van der Waals surface area contributed by atoms with Gasteiger partial charge in [-0.2, -0.15) is 0 Å². The summed E-state index contributed by atoms with van der Waals surface area (Å²) >= 11 is 1.74. The van der Waals surface area contributed by atoms with E-state index in [9.17, 15) is 4.79 Å². The summed E-state index contributed by atoms with van der Waals surface area (Å²) < 4.78 is 5.85. The number of hydrogen-bond acceptors (Lipinski definition) is 4. The number of carbonyl (C=O) groups is 1. The molecule has 1 aliphatic heterocycles. The fraction of sp³-hybridized carbons (Fsp3) is 0.750. The number of thiazole rings is 1. The third kappa shape index (κ3) is 3.27. The molecule has 1 aliphatic carbocycles. The largest absolute Gasteiger partial charge is 0.371 e. The van der Waals surface area contributed by atoms with Gasteiger partial charge in [-0.05, 0) is 32.6 Å². The number of morpholine rings is 1. The van der Waals surface area contributed by atoms with Crippen LogP contribution < -0.4 is 5.32 Å². The summed E-state index contributed by atoms with van der Waals surface area (Å²) in [5, 5.41) is 4.15. The van der Waals surface area contributed by atoms with Crippen LogP contribution in [0.4, 0.5) is 4.79 Å². The highest BCUT2D eigenvalue weighted by Crippen LogP contribution is 2.38. The Kier molecular flexibility index (Phi) is 4.68. The number of aryl methyl sites for hydroxylation is 2. The van der Waals surface area contributed by atoms with Crippen LogP contribution in [0.15, 0.2) is 0 Å². The van der Waals surface area contributed by atoms with Crippen molar-refractivity contribution in [3.05, 3.63) is 15.6 Å². The Morgan fingerprint density at radius 3 is 2.95 bits per heavy atom. The fourth-order valence-corrected chi connectivity index (χ4v) is 4.22. The zero-order valence-corrected chi connectivity index (χ0v) is 14.3. The third-order valence-corrected chi connectivity index (χ3v) is 5.76. The first kappa shape index (κ1) is 15.7. The lowest BCUT2D eigenvalue weighted by molar-refractivity contribution is -0.141. The van der Waals surface area contributed by atoms with Gasteiger partial charge in [0.1, 0.15) is 0 Å². The van der Waals surface area contributed by atoms with Crippen LogP contribution in [0.25, 0.3) is 0 Å². The van der Waals surface area contributed by atoms with Crippen LogP contribution in [-0.2, 0) is 17.6 Å². The average Bonchev–Trinajstić information content (AvgIpc) is 2.85. The lowest BCUT2D eigenvalue weighted by Crippen LogP contribution is -2.58. The second kappa shape index (κ2) is 6.54. The Morgan fingerprint density at radius 1 is 1.50 bits per heavy atom. The van der Waals surface area contributed by atoms with Gasteiger partial charge in [-0.15, -0.1) is 11.3 Å². The summed E-state index contributed by atoms with van der Waals surface area (Å²) in [6.45, 7) is 7.00. The molecule has 2 heterocycles. The van der Waals surface area contributed by atoms with Crippen LogP contribution in [0.3, 0.4) is 0 Å². The molecule has 1 spiro atoms. The number of amides is 2. The van der Waals surface area contributed by atoms with Crippen molar-refractivity contribution in [2.45, 2.75) is 51.6 Å². The van der Waals surface area contributed by atoms with Crippen molar-refractivity contribution >= 4 is 17.4 Å². The lowest BCUT2D eigenvalue weighted by Gasteiger charge is -2.48. The zero-order chi connectivity index (χ0) is 15.6. The first-order valence-corrected chi connectivity index (χ1v) is 9.05. The molecule has 6 heteroatoms. The molecule has 0 radical (unpaired) electrons. The van der Waals surface area contributed by atoms with E-state index in [0.717, 1.165) is 37.2 Å². The average molecular weight is 323 g/mol. The van der Waals surface area contributed by atoms with E-state index >= 15 is 0 Å². The maximum absolute atomic E-state index is 12.3. The molecular weight excluding hydrogens is 298 g/mol. The predicted octanol–water partition coefficient (Wildman–Crippen LogP) is 2.52. The molecule has 1 saturated carbocycles. The van der Waals surface area contributed by atoms with Gasteiger partial charge < -0.3 is 15.0 Å². The van der Waals surface area contributed by atoms with E-state index in [0.29, 0.717) is 19.7 Å². The lowest BCUT2D eigenvalue weighted by atomic mass is 9.79. The van der Waals surface area contributed by atoms with E-state index in [1.807, 2.05) is 4.90 Å². The number of ether oxygens (including phenoxy) is 1. The maximum Gasteiger partial charge on any atom is 0.317 e. The van der Waals surface area contributed by atoms with E-state index < -0.39 is 0 Å². The van der Waals surface area contributed by atoms with Gasteiger partial charge in [-0.3, -0.25) is 0 Å². The monoisotopic (exact) mass is 323 g/mol. The van der Waals surface area contributed by atoms with Crippen molar-refractivity contribution in [1.29, 1.82) is 0 Å². The summed E-state index contributed by atoms with van der Waals surface area (Å²) in [6.07, 6.45) is 5.19. The minimum Gasteiger partial charge on any atom is -0.371 e. The molecule has 1 N–H and O–H groups in total. The van der Waals surface area contributed by atoms with E-state index in [2.05, 4.69) is 24.1 Å². The highest BCUT2D eigenvalue weighted by atomic mass is 32.1. The SMILES string of the molecule is CCc1nc(CCNC(=O)N2CCOC3(CCC3)C2)sc1C. The Morgan fingerprint density at radius 2 is 2.32 bits per heavy atom. The number of urea groups is 1. The van der Waals surface area contributed by atoms with Crippen molar-refractivity contribution in [1.82, 2.24) is 15.2 Å². The van der Waals surface area contributed by atoms with E-state index in [1.165, 1.54) is 17.0 Å². The topological polar surface area (TPSA) is 54.5 Å². The van der Waals surface area contributed by atoms with Gasteiger partial charge in [-0.1, -0.05) is 6.92 Å². The molecule has 1 aromatic rings. The highest BCUT2D eigenvalue weighted by Gasteiger charge is 2.43. The standard InChI is InChI=1S/C16H25N3O2S/c1-3-13-12(2)22-14(18-13)5-8-17-15(20)19-9-10-21-16(11-19)6-4-7-16/h3-11H2,1-2H3,(H,17,20). The molecule has 2 aliphatic rings. The van der Waals surface area contributed by atoms with Crippen molar-refractivity contribution in [2.24, 2.45) is 0 Å². The van der Waals surface area contributed by atoms with E-state index in [1.54, 1.807) is 11.3 Å². The molecule has 1 aromatic heterocycles. The molecule has 122 valence electrons. The molecule has 0 aromatic carbocycles. The van der Waals surface area contributed by atoms with Crippen LogP contribution >= 0.6 is 11.3 Å². The summed E-state index contributed by atoms with van der Waals surface area (Å²) in [6, 6.07) is 0.0403. The quantitative estimate of drug-likeness (QED) is 0.926. The second-order valence-electron chi connectivity index (χ2n) is 6.25. The Bertz CT molecular complexity index is 539. The summed E-state index contributed by atoms with van der Waals surface area (Å²) in [5.41, 5.74) is 1.16. The summed E-state index contributed by atoms with van der Waals surface area (Å²) in [7, 11) is 0. The van der Waals surface area contributed by atoms with Crippen molar-refractivity contribution in [2.75, 3.05) is 26.2 Å². The molecule has 5 nitrogen and oxygen atoms in total. The fourth-order valence-electron chi connectivity index (χ4n) is 3.20. The number of carbonyl (C=O) groups excluding carboxylic acids is 1. The molecular formula is C16H25N3O2S. The van der Waals surface area contributed by atoms with Gasteiger partial charge in [-0.25, -0.2) is 9.78 Å². The molecule has 22 heavy (non-hydrogen) atoms. The van der Waals surface area contributed by atoms with Crippen LogP contribution in [-0.4, -0.2) is 47.8 Å². The van der Waals surface area contributed by atoms with Crippen molar-refractivity contribution in [3.8, 4) is 0 Å². The smallest absolute Gasteiger partial charge is 0.317 e. The van der Waals surface area contributed by atoms with Crippen LogP contribution in [0.2, 0.25) is 0 Å². The normalized spacial score (nSPS) is 20.0. The third-order valence-electron chi connectivity index (χ3n) is 4.69. The second-order valence-corrected chi connectivity index (χ2v) is 7.54. The Labute approximate surface area is 136 Å². The first-order chi connectivity index (χ1) is 10.6. The summed E-state index contributed by atoms with van der Waals surface area (Å²) in [5.74, 6) is 0. The van der Waals surface area contributed by atoms with Gasteiger partial charge in [0.05, 0.1) is 29.5 Å². The highest BCUT2D eigenvalue weighted by molar-refractivity contribution is 7.11. The minimum atomic E-state index is -0.0297. The Hall–Kier alpha value is -1.14. The first-order valence-electron chi connectivity index (χ1n) is 8.24. The van der Waals surface area contributed by atoms with Gasteiger partial charge in [0.2, 0.25) is 0 Å². The molecule has 0 bridgehead atoms. The van der Waals surface area contributed by atoms with Crippen LogP contribution in [0.1, 0.15) is 41.8 Å². The minimum absolute atomic E-state index is 0.0297. The van der Waals surface area contributed by atoms with Gasteiger partial charge >= 0.3 is 6.03 Å². The molecule has 2 amide bonds. The van der Waals surface area contributed by atoms with Crippen LogP contribution in [0.5, 0.6) is 0 Å². The van der Waals surface area contributed by atoms with Crippen molar-refractivity contribution in [3.63, 3.8) is 0 Å². The van der Waals surface area contributed by atoms with Gasteiger partial charge in [0.15, 0.2) is 0 Å². The van der Waals surface area contributed by atoms with Gasteiger partial charge in [0, 0.05) is 24.4 Å².